The number of rotatable bonds is 7. The van der Waals surface area contributed by atoms with E-state index in [4.69, 9.17) is 21.1 Å². The first-order valence-electron chi connectivity index (χ1n) is 7.40. The molecule has 118 valence electrons. The predicted molar refractivity (Wildman–Crippen MR) is 91.2 cm³/mol. The van der Waals surface area contributed by atoms with Crippen LogP contribution < -0.4 is 9.47 Å². The normalized spacial score (nSPS) is 11.7. The largest absolute Gasteiger partial charge is 0.496 e. The number of hydrogen-bond acceptors (Lipinski definition) is 2. The van der Waals surface area contributed by atoms with E-state index in [1.54, 1.807) is 14.2 Å². The van der Waals surface area contributed by atoms with Crippen LogP contribution in [0.1, 0.15) is 42.0 Å². The third-order valence-corrected chi connectivity index (χ3v) is 4.35. The van der Waals surface area contributed by atoms with E-state index in [0.29, 0.717) is 5.88 Å². The van der Waals surface area contributed by atoms with Gasteiger partial charge in [-0.3, -0.25) is 0 Å². The Bertz CT molecular complexity index is 519. The van der Waals surface area contributed by atoms with Crippen LogP contribution in [0.4, 0.5) is 0 Å². The number of methoxy groups -OCH3 is 2. The van der Waals surface area contributed by atoms with Crippen LogP contribution >= 0.6 is 11.6 Å². The Morgan fingerprint density at radius 1 is 1.00 bits per heavy atom. The molecule has 1 aromatic rings. The minimum Gasteiger partial charge on any atom is -0.496 e. The summed E-state index contributed by atoms with van der Waals surface area (Å²) in [4.78, 5) is 0. The molecule has 0 N–H and O–H groups in total. The Balaban J connectivity index is 3.19. The molecular weight excluding hydrogens is 284 g/mol. The van der Waals surface area contributed by atoms with Crippen LogP contribution in [0.25, 0.3) is 0 Å². The number of allylic oxidation sites excluding steroid dienone is 2. The molecule has 21 heavy (non-hydrogen) atoms. The third kappa shape index (κ3) is 4.16. The van der Waals surface area contributed by atoms with Crippen molar-refractivity contribution < 1.29 is 9.47 Å². The van der Waals surface area contributed by atoms with Gasteiger partial charge in [-0.2, -0.15) is 0 Å². The van der Waals surface area contributed by atoms with Crippen molar-refractivity contribution in [2.75, 3.05) is 20.1 Å². The van der Waals surface area contributed by atoms with Crippen molar-refractivity contribution in [3.05, 3.63) is 33.9 Å². The van der Waals surface area contributed by atoms with Crippen molar-refractivity contribution in [2.45, 2.75) is 47.0 Å². The molecule has 0 bridgehead atoms. The van der Waals surface area contributed by atoms with Gasteiger partial charge in [-0.05, 0) is 63.6 Å². The molecule has 0 unspecified atom stereocenters. The van der Waals surface area contributed by atoms with Gasteiger partial charge >= 0.3 is 0 Å². The maximum atomic E-state index is 5.75. The first kappa shape index (κ1) is 17.9. The highest BCUT2D eigenvalue weighted by molar-refractivity contribution is 6.17. The molecule has 0 radical (unpaired) electrons. The Kier molecular flexibility index (Phi) is 7.10. The summed E-state index contributed by atoms with van der Waals surface area (Å²) < 4.78 is 11.2. The number of halogens is 1. The average Bonchev–Trinajstić information content (AvgIpc) is 2.47. The zero-order chi connectivity index (χ0) is 16.0. The molecule has 0 fully saturated rings. The third-order valence-electron chi connectivity index (χ3n) is 4.08. The van der Waals surface area contributed by atoms with Crippen LogP contribution in [0, 0.1) is 20.8 Å². The van der Waals surface area contributed by atoms with E-state index in [-0.39, 0.29) is 0 Å². The van der Waals surface area contributed by atoms with Crippen molar-refractivity contribution in [1.82, 2.24) is 0 Å². The minimum atomic E-state index is 0.713. The molecule has 0 heterocycles. The summed E-state index contributed by atoms with van der Waals surface area (Å²) >= 11 is 5.75. The van der Waals surface area contributed by atoms with Crippen LogP contribution in [-0.2, 0) is 6.42 Å². The first-order valence-corrected chi connectivity index (χ1v) is 7.93. The lowest BCUT2D eigenvalue weighted by Crippen LogP contribution is -2.03. The maximum absolute atomic E-state index is 5.75. The van der Waals surface area contributed by atoms with E-state index in [0.717, 1.165) is 41.9 Å². The monoisotopic (exact) mass is 310 g/mol. The fourth-order valence-corrected chi connectivity index (χ4v) is 2.84. The van der Waals surface area contributed by atoms with Gasteiger partial charge in [0.2, 0.25) is 0 Å². The lowest BCUT2D eigenvalue weighted by atomic mass is 9.94. The minimum absolute atomic E-state index is 0.713. The predicted octanol–water partition coefficient (Wildman–Crippen LogP) is 5.14. The summed E-state index contributed by atoms with van der Waals surface area (Å²) in [7, 11) is 3.47. The lowest BCUT2D eigenvalue weighted by molar-refractivity contribution is 0.391. The van der Waals surface area contributed by atoms with Crippen molar-refractivity contribution in [3.8, 4) is 11.5 Å². The number of benzene rings is 1. The molecule has 0 atom stereocenters. The number of ether oxygens (including phenoxy) is 2. The Labute approximate surface area is 134 Å². The summed E-state index contributed by atoms with van der Waals surface area (Å²) in [5.74, 6) is 2.66. The Morgan fingerprint density at radius 2 is 1.57 bits per heavy atom. The van der Waals surface area contributed by atoms with Gasteiger partial charge in [-0.25, -0.2) is 0 Å². The molecule has 0 aliphatic rings. The molecule has 1 aromatic carbocycles. The summed E-state index contributed by atoms with van der Waals surface area (Å²) in [6.07, 6.45) is 5.20. The Morgan fingerprint density at radius 3 is 2.10 bits per heavy atom. The second-order valence-corrected chi connectivity index (χ2v) is 5.85. The molecule has 0 aromatic heterocycles. The van der Waals surface area contributed by atoms with Crippen LogP contribution in [-0.4, -0.2) is 20.1 Å². The summed E-state index contributed by atoms with van der Waals surface area (Å²) in [5.41, 5.74) is 6.05. The molecule has 0 saturated heterocycles. The maximum Gasteiger partial charge on any atom is 0.126 e. The van der Waals surface area contributed by atoms with Gasteiger partial charge in [0.1, 0.15) is 11.5 Å². The molecule has 0 aliphatic carbocycles. The van der Waals surface area contributed by atoms with Gasteiger partial charge in [-0.1, -0.05) is 11.6 Å². The zero-order valence-electron chi connectivity index (χ0n) is 14.1. The fraction of sp³-hybridized carbons (Fsp3) is 0.556. The van der Waals surface area contributed by atoms with E-state index < -0.39 is 0 Å². The second kappa shape index (κ2) is 8.33. The summed E-state index contributed by atoms with van der Waals surface area (Å²) in [6, 6.07) is 0. The van der Waals surface area contributed by atoms with Gasteiger partial charge in [0.15, 0.2) is 0 Å². The molecule has 0 amide bonds. The lowest BCUT2D eigenvalue weighted by Gasteiger charge is -2.20. The summed E-state index contributed by atoms with van der Waals surface area (Å²) in [6.45, 7) is 8.43. The van der Waals surface area contributed by atoms with Gasteiger partial charge in [0, 0.05) is 11.4 Å². The number of alkyl halides is 1. The quantitative estimate of drug-likeness (QED) is 0.513. The van der Waals surface area contributed by atoms with Crippen LogP contribution in [0.5, 0.6) is 11.5 Å². The topological polar surface area (TPSA) is 18.5 Å². The van der Waals surface area contributed by atoms with Crippen molar-refractivity contribution in [2.24, 2.45) is 0 Å². The SMILES string of the molecule is COc1c(C)c(C)c(OC)c(CC=C(C)CCCCl)c1C. The number of hydrogen-bond donors (Lipinski definition) is 0. The van der Waals surface area contributed by atoms with Gasteiger partial charge in [0.05, 0.1) is 14.2 Å². The summed E-state index contributed by atoms with van der Waals surface area (Å²) in [5, 5.41) is 0. The Hall–Kier alpha value is -1.15. The van der Waals surface area contributed by atoms with Crippen molar-refractivity contribution >= 4 is 11.6 Å². The molecule has 1 rings (SSSR count). The molecule has 2 nitrogen and oxygen atoms in total. The van der Waals surface area contributed by atoms with E-state index in [1.807, 2.05) is 0 Å². The smallest absolute Gasteiger partial charge is 0.126 e. The second-order valence-electron chi connectivity index (χ2n) is 5.47. The van der Waals surface area contributed by atoms with E-state index in [9.17, 15) is 0 Å². The highest BCUT2D eigenvalue weighted by Crippen LogP contribution is 2.38. The molecule has 3 heteroatoms. The van der Waals surface area contributed by atoms with Crippen molar-refractivity contribution in [3.63, 3.8) is 0 Å². The molecule has 0 saturated carbocycles. The fourth-order valence-electron chi connectivity index (χ4n) is 2.71. The highest BCUT2D eigenvalue weighted by Gasteiger charge is 2.17. The van der Waals surface area contributed by atoms with Gasteiger partial charge in [-0.15, -0.1) is 11.6 Å². The van der Waals surface area contributed by atoms with E-state index in [2.05, 4.69) is 33.8 Å². The standard InChI is InChI=1S/C18H27ClO2/c1-12(8-7-11-19)9-10-16-15(4)17(20-5)13(2)14(3)18(16)21-6/h9H,7-8,10-11H2,1-6H3. The van der Waals surface area contributed by atoms with Crippen LogP contribution in [0.2, 0.25) is 0 Å². The molecule has 0 spiro atoms. The van der Waals surface area contributed by atoms with Crippen molar-refractivity contribution in [1.29, 1.82) is 0 Å². The van der Waals surface area contributed by atoms with E-state index >= 15 is 0 Å². The highest BCUT2D eigenvalue weighted by atomic mass is 35.5. The zero-order valence-corrected chi connectivity index (χ0v) is 14.9. The van der Waals surface area contributed by atoms with E-state index in [1.165, 1.54) is 16.7 Å². The van der Waals surface area contributed by atoms with Crippen LogP contribution in [0.15, 0.2) is 11.6 Å². The average molecular weight is 311 g/mol. The van der Waals surface area contributed by atoms with Gasteiger partial charge < -0.3 is 9.47 Å². The first-order chi connectivity index (χ1) is 9.97. The van der Waals surface area contributed by atoms with Gasteiger partial charge in [0.25, 0.3) is 0 Å². The molecular formula is C18H27ClO2. The van der Waals surface area contributed by atoms with Crippen LogP contribution in [0.3, 0.4) is 0 Å². The molecule has 0 aliphatic heterocycles.